The van der Waals surface area contributed by atoms with Gasteiger partial charge in [0, 0.05) is 5.56 Å². The predicted octanol–water partition coefficient (Wildman–Crippen LogP) is 3.10. The first-order chi connectivity index (χ1) is 7.93. The van der Waals surface area contributed by atoms with Crippen molar-refractivity contribution in [3.05, 3.63) is 40.5 Å². The van der Waals surface area contributed by atoms with Gasteiger partial charge in [-0.25, -0.2) is 4.79 Å². The molecule has 1 rings (SSSR count). The first-order valence-electron chi connectivity index (χ1n) is 5.33. The summed E-state index contributed by atoms with van der Waals surface area (Å²) >= 11 is 0. The molecule has 0 spiro atoms. The maximum absolute atomic E-state index is 11.5. The van der Waals surface area contributed by atoms with Crippen molar-refractivity contribution in [1.29, 1.82) is 0 Å². The van der Waals surface area contributed by atoms with Crippen molar-refractivity contribution in [2.24, 2.45) is 0 Å². The van der Waals surface area contributed by atoms with Gasteiger partial charge in [-0.2, -0.15) is 0 Å². The summed E-state index contributed by atoms with van der Waals surface area (Å²) in [6, 6.07) is 5.03. The summed E-state index contributed by atoms with van der Waals surface area (Å²) in [6.07, 6.45) is 1.92. The molecule has 0 unspecified atom stereocenters. The number of hydrogen-bond acceptors (Lipinski definition) is 3. The quantitative estimate of drug-likeness (QED) is 0.594. The molecule has 0 N–H and O–H groups in total. The number of Topliss-reactive ketones (excluding diaryl/α,β-unsaturated/α-hetero) is 1. The molecule has 0 fully saturated rings. The molecule has 17 heavy (non-hydrogen) atoms. The second-order valence-electron chi connectivity index (χ2n) is 4.11. The SMILES string of the molecule is COC(=O)c1cc(C=C(C)C)cc(C(C)=O)c1. The monoisotopic (exact) mass is 232 g/mol. The van der Waals surface area contributed by atoms with Gasteiger partial charge in [-0.1, -0.05) is 11.6 Å². The van der Waals surface area contributed by atoms with E-state index in [9.17, 15) is 9.59 Å². The summed E-state index contributed by atoms with van der Waals surface area (Å²) in [5, 5.41) is 0. The Morgan fingerprint density at radius 3 is 2.12 bits per heavy atom. The number of esters is 1. The van der Waals surface area contributed by atoms with Gasteiger partial charge in [0.1, 0.15) is 0 Å². The van der Waals surface area contributed by atoms with Gasteiger partial charge < -0.3 is 4.74 Å². The van der Waals surface area contributed by atoms with Crippen LogP contribution >= 0.6 is 0 Å². The van der Waals surface area contributed by atoms with E-state index in [1.165, 1.54) is 14.0 Å². The Balaban J connectivity index is 3.33. The Morgan fingerprint density at radius 2 is 1.65 bits per heavy atom. The highest BCUT2D eigenvalue weighted by Gasteiger charge is 2.10. The number of ether oxygens (including phenoxy) is 1. The standard InChI is InChI=1S/C14H16O3/c1-9(2)5-11-6-12(10(3)15)8-13(7-11)14(16)17-4/h5-8H,1-4H3. The van der Waals surface area contributed by atoms with Crippen LogP contribution in [0.2, 0.25) is 0 Å². The third-order valence-corrected chi connectivity index (χ3v) is 2.24. The van der Waals surface area contributed by atoms with Gasteiger partial charge in [0.2, 0.25) is 0 Å². The minimum absolute atomic E-state index is 0.0702. The van der Waals surface area contributed by atoms with E-state index < -0.39 is 5.97 Å². The van der Waals surface area contributed by atoms with E-state index in [2.05, 4.69) is 4.74 Å². The van der Waals surface area contributed by atoms with Crippen LogP contribution in [0.1, 0.15) is 47.1 Å². The van der Waals surface area contributed by atoms with Crippen molar-refractivity contribution in [2.45, 2.75) is 20.8 Å². The molecule has 1 aromatic rings. The van der Waals surface area contributed by atoms with E-state index in [0.29, 0.717) is 11.1 Å². The van der Waals surface area contributed by atoms with E-state index >= 15 is 0 Å². The zero-order chi connectivity index (χ0) is 13.0. The second-order valence-corrected chi connectivity index (χ2v) is 4.11. The minimum atomic E-state index is -0.434. The number of methoxy groups -OCH3 is 1. The summed E-state index contributed by atoms with van der Waals surface area (Å²) in [7, 11) is 1.32. The Bertz CT molecular complexity index is 480. The highest BCUT2D eigenvalue weighted by Crippen LogP contribution is 2.15. The molecule has 0 atom stereocenters. The number of allylic oxidation sites excluding steroid dienone is 1. The molecule has 0 radical (unpaired) electrons. The van der Waals surface area contributed by atoms with E-state index in [0.717, 1.165) is 11.1 Å². The summed E-state index contributed by atoms with van der Waals surface area (Å²) in [5.74, 6) is -0.504. The summed E-state index contributed by atoms with van der Waals surface area (Å²) < 4.78 is 4.66. The van der Waals surface area contributed by atoms with Crippen LogP contribution in [-0.4, -0.2) is 18.9 Å². The molecule has 1 aromatic carbocycles. The lowest BCUT2D eigenvalue weighted by atomic mass is 10.0. The molecule has 0 saturated carbocycles. The lowest BCUT2D eigenvalue weighted by Crippen LogP contribution is -2.04. The van der Waals surface area contributed by atoms with Gasteiger partial charge in [-0.3, -0.25) is 4.79 Å². The lowest BCUT2D eigenvalue weighted by Gasteiger charge is -2.05. The Hall–Kier alpha value is -1.90. The van der Waals surface area contributed by atoms with Gasteiger partial charge in [-0.15, -0.1) is 0 Å². The summed E-state index contributed by atoms with van der Waals surface area (Å²) in [6.45, 7) is 5.39. The first kappa shape index (κ1) is 13.2. The van der Waals surface area contributed by atoms with E-state index in [4.69, 9.17) is 0 Å². The van der Waals surface area contributed by atoms with Gasteiger partial charge in [0.15, 0.2) is 5.78 Å². The molecule has 0 aromatic heterocycles. The van der Waals surface area contributed by atoms with Gasteiger partial charge in [0.05, 0.1) is 12.7 Å². The topological polar surface area (TPSA) is 43.4 Å². The molecule has 0 aliphatic heterocycles. The molecule has 0 amide bonds. The molecular formula is C14H16O3. The van der Waals surface area contributed by atoms with Crippen LogP contribution in [0.3, 0.4) is 0 Å². The summed E-state index contributed by atoms with van der Waals surface area (Å²) in [4.78, 5) is 22.8. The van der Waals surface area contributed by atoms with Crippen LogP contribution in [0, 0.1) is 0 Å². The number of benzene rings is 1. The van der Waals surface area contributed by atoms with Crippen molar-refractivity contribution >= 4 is 17.8 Å². The van der Waals surface area contributed by atoms with Crippen LogP contribution in [0.4, 0.5) is 0 Å². The van der Waals surface area contributed by atoms with Crippen molar-refractivity contribution in [2.75, 3.05) is 7.11 Å². The van der Waals surface area contributed by atoms with Crippen molar-refractivity contribution in [1.82, 2.24) is 0 Å². The Kier molecular flexibility index (Phi) is 4.21. The van der Waals surface area contributed by atoms with E-state index in [-0.39, 0.29) is 5.78 Å². The number of rotatable bonds is 3. The third kappa shape index (κ3) is 3.55. The van der Waals surface area contributed by atoms with Crippen LogP contribution < -0.4 is 0 Å². The van der Waals surface area contributed by atoms with Crippen molar-refractivity contribution in [3.63, 3.8) is 0 Å². The van der Waals surface area contributed by atoms with Crippen LogP contribution in [0.15, 0.2) is 23.8 Å². The van der Waals surface area contributed by atoms with Crippen molar-refractivity contribution < 1.29 is 14.3 Å². The maximum Gasteiger partial charge on any atom is 0.337 e. The molecular weight excluding hydrogens is 216 g/mol. The Morgan fingerprint density at radius 1 is 1.06 bits per heavy atom. The average molecular weight is 232 g/mol. The van der Waals surface area contributed by atoms with Crippen LogP contribution in [-0.2, 0) is 4.74 Å². The number of carbonyl (C=O) groups excluding carboxylic acids is 2. The third-order valence-electron chi connectivity index (χ3n) is 2.24. The number of hydrogen-bond donors (Lipinski definition) is 0. The number of ketones is 1. The van der Waals surface area contributed by atoms with Gasteiger partial charge in [0.25, 0.3) is 0 Å². The molecule has 0 bridgehead atoms. The molecule has 0 saturated heterocycles. The smallest absolute Gasteiger partial charge is 0.337 e. The normalized spacial score (nSPS) is 9.65. The predicted molar refractivity (Wildman–Crippen MR) is 67.1 cm³/mol. The zero-order valence-electron chi connectivity index (χ0n) is 10.5. The van der Waals surface area contributed by atoms with Crippen LogP contribution in [0.25, 0.3) is 6.08 Å². The lowest BCUT2D eigenvalue weighted by molar-refractivity contribution is 0.0600. The van der Waals surface area contributed by atoms with Crippen LogP contribution in [0.5, 0.6) is 0 Å². The fourth-order valence-corrected chi connectivity index (χ4v) is 1.51. The fraction of sp³-hybridized carbons (Fsp3) is 0.286. The molecule has 90 valence electrons. The molecule has 3 nitrogen and oxygen atoms in total. The first-order valence-corrected chi connectivity index (χ1v) is 5.33. The fourth-order valence-electron chi connectivity index (χ4n) is 1.51. The second kappa shape index (κ2) is 5.43. The zero-order valence-corrected chi connectivity index (χ0v) is 10.5. The molecule has 0 heterocycles. The minimum Gasteiger partial charge on any atom is -0.465 e. The van der Waals surface area contributed by atoms with Gasteiger partial charge >= 0.3 is 5.97 Å². The molecule has 0 aliphatic rings. The molecule has 3 heteroatoms. The summed E-state index contributed by atoms with van der Waals surface area (Å²) in [5.41, 5.74) is 2.84. The number of carbonyl (C=O) groups is 2. The highest BCUT2D eigenvalue weighted by atomic mass is 16.5. The van der Waals surface area contributed by atoms with E-state index in [1.807, 2.05) is 19.9 Å². The van der Waals surface area contributed by atoms with E-state index in [1.54, 1.807) is 18.2 Å². The Labute approximate surface area is 101 Å². The van der Waals surface area contributed by atoms with Gasteiger partial charge in [-0.05, 0) is 44.5 Å². The maximum atomic E-state index is 11.5. The highest BCUT2D eigenvalue weighted by molar-refractivity contribution is 5.98. The molecule has 0 aliphatic carbocycles. The van der Waals surface area contributed by atoms with Crippen molar-refractivity contribution in [3.8, 4) is 0 Å². The largest absolute Gasteiger partial charge is 0.465 e. The average Bonchev–Trinajstić information content (AvgIpc) is 2.26.